The maximum Gasteiger partial charge on any atom is 0.193 e. The summed E-state index contributed by atoms with van der Waals surface area (Å²) in [6, 6.07) is 11.4. The lowest BCUT2D eigenvalue weighted by molar-refractivity contribution is -0.0973. The number of ether oxygens (including phenoxy) is 1. The normalized spacial score (nSPS) is 21.5. The Balaban J connectivity index is 0.00000243. The van der Waals surface area contributed by atoms with Crippen LogP contribution < -0.4 is 5.32 Å². The van der Waals surface area contributed by atoms with E-state index in [9.17, 15) is 0 Å². The van der Waals surface area contributed by atoms with Crippen LogP contribution in [0.1, 0.15) is 31.9 Å². The number of hydrogen-bond donors (Lipinski definition) is 1. The van der Waals surface area contributed by atoms with Gasteiger partial charge in [0.15, 0.2) is 5.96 Å². The summed E-state index contributed by atoms with van der Waals surface area (Å²) in [6.07, 6.45) is 1.15. The van der Waals surface area contributed by atoms with E-state index in [4.69, 9.17) is 4.74 Å². The Hall–Kier alpha value is -0.860. The van der Waals surface area contributed by atoms with Crippen molar-refractivity contribution in [1.82, 2.24) is 15.1 Å². The van der Waals surface area contributed by atoms with Gasteiger partial charge < -0.3 is 15.0 Å². The lowest BCUT2D eigenvalue weighted by atomic mass is 9.89. The summed E-state index contributed by atoms with van der Waals surface area (Å²) in [7, 11) is 1.88. The summed E-state index contributed by atoms with van der Waals surface area (Å²) in [4.78, 5) is 9.49. The lowest BCUT2D eigenvalue weighted by Gasteiger charge is -2.42. The van der Waals surface area contributed by atoms with Crippen molar-refractivity contribution in [3.63, 3.8) is 0 Å². The van der Waals surface area contributed by atoms with Crippen LogP contribution in [0.5, 0.6) is 0 Å². The monoisotopic (exact) mass is 472 g/mol. The van der Waals surface area contributed by atoms with Crippen molar-refractivity contribution in [2.75, 3.05) is 53.0 Å². The fourth-order valence-corrected chi connectivity index (χ4v) is 3.80. The number of piperazine rings is 1. The molecular formula is C20H33IN4O. The molecule has 5 nitrogen and oxygen atoms in total. The van der Waals surface area contributed by atoms with E-state index >= 15 is 0 Å². The molecule has 1 atom stereocenters. The molecule has 2 aliphatic rings. The molecule has 146 valence electrons. The SMILES string of the molecule is CCC(c1ccccc1)N1CCN(C(=NC)NCC2(C)COC2)CC1.I. The van der Waals surface area contributed by atoms with E-state index in [-0.39, 0.29) is 29.4 Å². The first kappa shape index (κ1) is 21.4. The summed E-state index contributed by atoms with van der Waals surface area (Å²) in [5, 5.41) is 3.55. The number of rotatable bonds is 5. The van der Waals surface area contributed by atoms with Crippen molar-refractivity contribution in [2.45, 2.75) is 26.3 Å². The van der Waals surface area contributed by atoms with E-state index in [1.165, 1.54) is 5.56 Å². The van der Waals surface area contributed by atoms with Gasteiger partial charge in [-0.3, -0.25) is 9.89 Å². The number of nitrogens with zero attached hydrogens (tertiary/aromatic N) is 3. The number of hydrogen-bond acceptors (Lipinski definition) is 3. The third-order valence-electron chi connectivity index (χ3n) is 5.41. The van der Waals surface area contributed by atoms with Crippen LogP contribution in [0, 0.1) is 5.41 Å². The van der Waals surface area contributed by atoms with Crippen LogP contribution in [0.3, 0.4) is 0 Å². The maximum absolute atomic E-state index is 5.34. The highest BCUT2D eigenvalue weighted by Crippen LogP contribution is 2.26. The molecule has 0 amide bonds. The average molecular weight is 472 g/mol. The summed E-state index contributed by atoms with van der Waals surface area (Å²) in [5.41, 5.74) is 1.69. The minimum atomic E-state index is 0. The topological polar surface area (TPSA) is 40.1 Å². The van der Waals surface area contributed by atoms with Crippen LogP contribution in [-0.4, -0.2) is 68.7 Å². The zero-order valence-corrected chi connectivity index (χ0v) is 18.6. The summed E-state index contributed by atoms with van der Waals surface area (Å²) in [6.45, 7) is 11.4. The molecule has 0 radical (unpaired) electrons. The van der Waals surface area contributed by atoms with Gasteiger partial charge in [0, 0.05) is 51.2 Å². The summed E-state index contributed by atoms with van der Waals surface area (Å²) >= 11 is 0. The molecule has 2 saturated heterocycles. The van der Waals surface area contributed by atoms with Gasteiger partial charge in [0.2, 0.25) is 0 Å². The van der Waals surface area contributed by atoms with Gasteiger partial charge in [-0.05, 0) is 12.0 Å². The van der Waals surface area contributed by atoms with E-state index in [0.29, 0.717) is 6.04 Å². The van der Waals surface area contributed by atoms with Crippen LogP contribution in [0.2, 0.25) is 0 Å². The predicted octanol–water partition coefficient (Wildman–Crippen LogP) is 2.99. The molecule has 0 bridgehead atoms. The van der Waals surface area contributed by atoms with Crippen molar-refractivity contribution in [2.24, 2.45) is 10.4 Å². The van der Waals surface area contributed by atoms with Crippen molar-refractivity contribution < 1.29 is 4.74 Å². The van der Waals surface area contributed by atoms with Crippen LogP contribution >= 0.6 is 24.0 Å². The molecular weight excluding hydrogens is 439 g/mol. The minimum Gasteiger partial charge on any atom is -0.380 e. The molecule has 0 spiro atoms. The highest BCUT2D eigenvalue weighted by atomic mass is 127. The molecule has 1 aromatic rings. The Bertz CT molecular complexity index is 568. The Morgan fingerprint density at radius 3 is 2.35 bits per heavy atom. The molecule has 1 N–H and O–H groups in total. The molecule has 0 aliphatic carbocycles. The minimum absolute atomic E-state index is 0. The Morgan fingerprint density at radius 2 is 1.85 bits per heavy atom. The first-order valence-corrected chi connectivity index (χ1v) is 9.47. The highest BCUT2D eigenvalue weighted by molar-refractivity contribution is 14.0. The molecule has 1 unspecified atom stereocenters. The van der Waals surface area contributed by atoms with E-state index in [0.717, 1.165) is 58.3 Å². The fourth-order valence-electron chi connectivity index (χ4n) is 3.80. The molecule has 2 aliphatic heterocycles. The van der Waals surface area contributed by atoms with Crippen molar-refractivity contribution in [3.8, 4) is 0 Å². The Labute approximate surface area is 175 Å². The van der Waals surface area contributed by atoms with Gasteiger partial charge in [-0.2, -0.15) is 0 Å². The lowest BCUT2D eigenvalue weighted by Crippen LogP contribution is -2.56. The largest absolute Gasteiger partial charge is 0.380 e. The van der Waals surface area contributed by atoms with E-state index in [1.54, 1.807) is 0 Å². The van der Waals surface area contributed by atoms with E-state index in [1.807, 2.05) is 7.05 Å². The quantitative estimate of drug-likeness (QED) is 0.407. The predicted molar refractivity (Wildman–Crippen MR) is 118 cm³/mol. The average Bonchev–Trinajstić information content (AvgIpc) is 2.63. The van der Waals surface area contributed by atoms with Gasteiger partial charge in [-0.25, -0.2) is 0 Å². The van der Waals surface area contributed by atoms with Gasteiger partial charge in [0.25, 0.3) is 0 Å². The standard InChI is InChI=1S/C20H32N4O.HI/c1-4-18(17-8-6-5-7-9-17)23-10-12-24(13-11-23)19(21-3)22-14-20(2)15-25-16-20;/h5-9,18H,4,10-16H2,1-3H3,(H,21,22);1H. The smallest absolute Gasteiger partial charge is 0.193 e. The highest BCUT2D eigenvalue weighted by Gasteiger charge is 2.34. The molecule has 0 saturated carbocycles. The first-order chi connectivity index (χ1) is 12.1. The molecule has 26 heavy (non-hydrogen) atoms. The van der Waals surface area contributed by atoms with Gasteiger partial charge >= 0.3 is 0 Å². The number of nitrogens with one attached hydrogen (secondary N) is 1. The Kier molecular flexibility index (Phi) is 8.16. The second-order valence-electron chi connectivity index (χ2n) is 7.56. The van der Waals surface area contributed by atoms with E-state index < -0.39 is 0 Å². The van der Waals surface area contributed by atoms with Crippen molar-refractivity contribution >= 4 is 29.9 Å². The molecule has 2 fully saturated rings. The van der Waals surface area contributed by atoms with Crippen LogP contribution in [0.25, 0.3) is 0 Å². The summed E-state index contributed by atoms with van der Waals surface area (Å²) < 4.78 is 5.34. The third kappa shape index (κ3) is 5.10. The van der Waals surface area contributed by atoms with Crippen LogP contribution in [0.15, 0.2) is 35.3 Å². The van der Waals surface area contributed by atoms with Gasteiger partial charge in [0.1, 0.15) is 0 Å². The molecule has 3 rings (SSSR count). The van der Waals surface area contributed by atoms with Gasteiger partial charge in [-0.15, -0.1) is 24.0 Å². The number of halogens is 1. The van der Waals surface area contributed by atoms with Crippen LogP contribution in [-0.2, 0) is 4.74 Å². The molecule has 1 aromatic carbocycles. The number of aliphatic imine (C=N–C) groups is 1. The maximum atomic E-state index is 5.34. The first-order valence-electron chi connectivity index (χ1n) is 9.47. The fraction of sp³-hybridized carbons (Fsp3) is 0.650. The second kappa shape index (κ2) is 9.90. The molecule has 2 heterocycles. The summed E-state index contributed by atoms with van der Waals surface area (Å²) in [5.74, 6) is 1.03. The van der Waals surface area contributed by atoms with E-state index in [2.05, 4.69) is 64.3 Å². The zero-order valence-electron chi connectivity index (χ0n) is 16.3. The van der Waals surface area contributed by atoms with Gasteiger partial charge in [0.05, 0.1) is 13.2 Å². The second-order valence-corrected chi connectivity index (χ2v) is 7.56. The molecule has 6 heteroatoms. The zero-order chi connectivity index (χ0) is 17.7. The van der Waals surface area contributed by atoms with Gasteiger partial charge in [-0.1, -0.05) is 44.2 Å². The number of guanidine groups is 1. The van der Waals surface area contributed by atoms with Crippen molar-refractivity contribution in [3.05, 3.63) is 35.9 Å². The Morgan fingerprint density at radius 1 is 1.19 bits per heavy atom. The third-order valence-corrected chi connectivity index (χ3v) is 5.41. The molecule has 0 aromatic heterocycles. The number of benzene rings is 1. The van der Waals surface area contributed by atoms with Crippen molar-refractivity contribution in [1.29, 1.82) is 0 Å². The van der Waals surface area contributed by atoms with Crippen LogP contribution in [0.4, 0.5) is 0 Å².